The van der Waals surface area contributed by atoms with Crippen LogP contribution in [0.15, 0.2) is 42.5 Å². The number of nitrogen functional groups attached to an aromatic ring is 1. The molecular weight excluding hydrogens is 255 g/mol. The van der Waals surface area contributed by atoms with Gasteiger partial charge in [-0.1, -0.05) is 24.3 Å². The number of rotatable bonds is 2. The minimum absolute atomic E-state index is 0.238. The van der Waals surface area contributed by atoms with Crippen molar-refractivity contribution in [1.82, 2.24) is 0 Å². The quantitative estimate of drug-likeness (QED) is 0.830. The predicted octanol–water partition coefficient (Wildman–Crippen LogP) is 4.14. The zero-order valence-corrected chi connectivity index (χ0v) is 10.2. The van der Waals surface area contributed by atoms with Crippen LogP contribution in [-0.4, -0.2) is 6.36 Å². The highest BCUT2D eigenvalue weighted by Crippen LogP contribution is 2.29. The molecule has 0 aliphatic rings. The average molecular weight is 267 g/mol. The van der Waals surface area contributed by atoms with Gasteiger partial charge in [0, 0.05) is 5.69 Å². The first-order valence-electron chi connectivity index (χ1n) is 5.58. The first-order chi connectivity index (χ1) is 8.87. The Hall–Kier alpha value is -2.17. The zero-order valence-electron chi connectivity index (χ0n) is 10.2. The lowest BCUT2D eigenvalue weighted by molar-refractivity contribution is -0.274. The normalized spacial score (nSPS) is 11.4. The van der Waals surface area contributed by atoms with Crippen molar-refractivity contribution in [2.45, 2.75) is 13.3 Å². The fourth-order valence-corrected chi connectivity index (χ4v) is 1.80. The molecule has 0 saturated carbocycles. The molecule has 0 aliphatic heterocycles. The van der Waals surface area contributed by atoms with Gasteiger partial charge in [-0.15, -0.1) is 13.2 Å². The van der Waals surface area contributed by atoms with Crippen molar-refractivity contribution in [3.63, 3.8) is 0 Å². The summed E-state index contributed by atoms with van der Waals surface area (Å²) in [5, 5.41) is 0. The number of nitrogens with two attached hydrogens (primary N) is 1. The molecule has 0 atom stereocenters. The average Bonchev–Trinajstić information content (AvgIpc) is 2.32. The Morgan fingerprint density at radius 2 is 1.63 bits per heavy atom. The van der Waals surface area contributed by atoms with Crippen LogP contribution in [-0.2, 0) is 0 Å². The summed E-state index contributed by atoms with van der Waals surface area (Å²) in [6, 6.07) is 11.2. The van der Waals surface area contributed by atoms with Crippen LogP contribution < -0.4 is 10.5 Å². The molecule has 2 rings (SSSR count). The molecule has 5 heteroatoms. The second kappa shape index (κ2) is 4.84. The summed E-state index contributed by atoms with van der Waals surface area (Å²) in [6.45, 7) is 1.87. The lowest BCUT2D eigenvalue weighted by Gasteiger charge is -2.11. The molecule has 0 spiro atoms. The van der Waals surface area contributed by atoms with Crippen molar-refractivity contribution < 1.29 is 17.9 Å². The van der Waals surface area contributed by atoms with Gasteiger partial charge in [-0.3, -0.25) is 0 Å². The summed E-state index contributed by atoms with van der Waals surface area (Å²) in [7, 11) is 0. The van der Waals surface area contributed by atoms with Gasteiger partial charge in [0.05, 0.1) is 0 Å². The van der Waals surface area contributed by atoms with Crippen molar-refractivity contribution in [1.29, 1.82) is 0 Å². The Morgan fingerprint density at radius 3 is 2.21 bits per heavy atom. The summed E-state index contributed by atoms with van der Waals surface area (Å²) >= 11 is 0. The highest BCUT2D eigenvalue weighted by atomic mass is 19.4. The standard InChI is InChI=1S/C14H12F3NO/c1-9-12(3-2-4-13(9)18)10-5-7-11(8-6-10)19-14(15,16)17/h2-8H,18H2,1H3. The molecule has 2 aromatic rings. The molecule has 0 unspecified atom stereocenters. The Kier molecular flexibility index (Phi) is 3.38. The van der Waals surface area contributed by atoms with Crippen molar-refractivity contribution >= 4 is 5.69 Å². The minimum atomic E-state index is -4.67. The van der Waals surface area contributed by atoms with Crippen LogP contribution in [0.5, 0.6) is 5.75 Å². The van der Waals surface area contributed by atoms with E-state index in [0.29, 0.717) is 5.69 Å². The molecule has 0 aromatic heterocycles. The molecule has 0 radical (unpaired) electrons. The van der Waals surface area contributed by atoms with Gasteiger partial charge in [-0.25, -0.2) is 0 Å². The van der Waals surface area contributed by atoms with Gasteiger partial charge >= 0.3 is 6.36 Å². The summed E-state index contributed by atoms with van der Waals surface area (Å²) < 4.78 is 40.0. The number of benzene rings is 2. The van der Waals surface area contributed by atoms with E-state index >= 15 is 0 Å². The Bertz CT molecular complexity index is 576. The summed E-state index contributed by atoms with van der Waals surface area (Å²) in [6.07, 6.45) is -4.67. The summed E-state index contributed by atoms with van der Waals surface area (Å²) in [5.41, 5.74) is 9.02. The van der Waals surface area contributed by atoms with Gasteiger partial charge in [-0.05, 0) is 41.8 Å². The molecule has 0 fully saturated rings. The number of alkyl halides is 3. The van der Waals surface area contributed by atoms with E-state index < -0.39 is 6.36 Å². The molecule has 0 heterocycles. The van der Waals surface area contributed by atoms with Crippen LogP contribution >= 0.6 is 0 Å². The predicted molar refractivity (Wildman–Crippen MR) is 67.7 cm³/mol. The van der Waals surface area contributed by atoms with E-state index in [0.717, 1.165) is 16.7 Å². The molecule has 2 aromatic carbocycles. The van der Waals surface area contributed by atoms with E-state index in [1.165, 1.54) is 12.1 Å². The smallest absolute Gasteiger partial charge is 0.406 e. The maximum Gasteiger partial charge on any atom is 0.573 e. The largest absolute Gasteiger partial charge is 0.573 e. The van der Waals surface area contributed by atoms with Crippen LogP contribution in [0, 0.1) is 6.92 Å². The first kappa shape index (κ1) is 13.3. The molecular formula is C14H12F3NO. The SMILES string of the molecule is Cc1c(N)cccc1-c1ccc(OC(F)(F)F)cc1. The van der Waals surface area contributed by atoms with Crippen molar-refractivity contribution in [2.24, 2.45) is 0 Å². The van der Waals surface area contributed by atoms with Gasteiger partial charge in [-0.2, -0.15) is 0 Å². The van der Waals surface area contributed by atoms with Crippen LogP contribution in [0.4, 0.5) is 18.9 Å². The highest BCUT2D eigenvalue weighted by molar-refractivity contribution is 5.72. The zero-order chi connectivity index (χ0) is 14.0. The maximum absolute atomic E-state index is 12.0. The third-order valence-corrected chi connectivity index (χ3v) is 2.77. The van der Waals surface area contributed by atoms with E-state index in [9.17, 15) is 13.2 Å². The van der Waals surface area contributed by atoms with E-state index in [2.05, 4.69) is 4.74 Å². The van der Waals surface area contributed by atoms with Crippen LogP contribution in [0.3, 0.4) is 0 Å². The van der Waals surface area contributed by atoms with Crippen molar-refractivity contribution in [3.05, 3.63) is 48.0 Å². The van der Waals surface area contributed by atoms with Crippen LogP contribution in [0.1, 0.15) is 5.56 Å². The van der Waals surface area contributed by atoms with E-state index in [1.807, 2.05) is 13.0 Å². The molecule has 2 N–H and O–H groups in total. The minimum Gasteiger partial charge on any atom is -0.406 e. The number of hydrogen-bond donors (Lipinski definition) is 1. The summed E-state index contributed by atoms with van der Waals surface area (Å²) in [5.74, 6) is -0.238. The molecule has 0 aliphatic carbocycles. The molecule has 0 bridgehead atoms. The molecule has 100 valence electrons. The van der Waals surface area contributed by atoms with Crippen LogP contribution in [0.2, 0.25) is 0 Å². The monoisotopic (exact) mass is 267 g/mol. The van der Waals surface area contributed by atoms with E-state index in [1.54, 1.807) is 24.3 Å². The second-order valence-electron chi connectivity index (χ2n) is 4.09. The molecule has 19 heavy (non-hydrogen) atoms. The van der Waals surface area contributed by atoms with Gasteiger partial charge in [0.15, 0.2) is 0 Å². The third kappa shape index (κ3) is 3.19. The molecule has 0 saturated heterocycles. The Balaban J connectivity index is 2.30. The van der Waals surface area contributed by atoms with E-state index in [-0.39, 0.29) is 5.75 Å². The Morgan fingerprint density at radius 1 is 1.00 bits per heavy atom. The number of ether oxygens (including phenoxy) is 1. The van der Waals surface area contributed by atoms with Crippen molar-refractivity contribution in [3.8, 4) is 16.9 Å². The fraction of sp³-hybridized carbons (Fsp3) is 0.143. The number of hydrogen-bond acceptors (Lipinski definition) is 2. The highest BCUT2D eigenvalue weighted by Gasteiger charge is 2.30. The molecule has 0 amide bonds. The lowest BCUT2D eigenvalue weighted by Crippen LogP contribution is -2.16. The van der Waals surface area contributed by atoms with Gasteiger partial charge in [0.1, 0.15) is 5.75 Å². The second-order valence-corrected chi connectivity index (χ2v) is 4.09. The maximum atomic E-state index is 12.0. The summed E-state index contributed by atoms with van der Waals surface area (Å²) in [4.78, 5) is 0. The Labute approximate surface area is 108 Å². The third-order valence-electron chi connectivity index (χ3n) is 2.77. The first-order valence-corrected chi connectivity index (χ1v) is 5.58. The van der Waals surface area contributed by atoms with Gasteiger partial charge in [0.25, 0.3) is 0 Å². The fourth-order valence-electron chi connectivity index (χ4n) is 1.80. The van der Waals surface area contributed by atoms with Gasteiger partial charge < -0.3 is 10.5 Å². The topological polar surface area (TPSA) is 35.2 Å². The molecule has 2 nitrogen and oxygen atoms in total. The number of halogens is 3. The lowest BCUT2D eigenvalue weighted by atomic mass is 9.99. The van der Waals surface area contributed by atoms with Crippen molar-refractivity contribution in [2.75, 3.05) is 5.73 Å². The number of anilines is 1. The van der Waals surface area contributed by atoms with Crippen LogP contribution in [0.25, 0.3) is 11.1 Å². The van der Waals surface area contributed by atoms with Gasteiger partial charge in [0.2, 0.25) is 0 Å². The van der Waals surface area contributed by atoms with E-state index in [4.69, 9.17) is 5.73 Å².